The molecular formula is C24H29IN6. The molecule has 1 aromatic heterocycles. The largest absolute Gasteiger partial charge is 0.357 e. The summed E-state index contributed by atoms with van der Waals surface area (Å²) in [7, 11) is 0. The highest BCUT2D eigenvalue weighted by Gasteiger charge is 2.17. The van der Waals surface area contributed by atoms with Crippen molar-refractivity contribution in [2.24, 2.45) is 4.99 Å². The number of nitrogens with one attached hydrogen (secondary N) is 2. The first-order valence-electron chi connectivity index (χ1n) is 10.5. The number of aromatic nitrogens is 3. The molecule has 0 aliphatic carbocycles. The summed E-state index contributed by atoms with van der Waals surface area (Å²) in [5.41, 5.74) is 4.97. The lowest BCUT2D eigenvalue weighted by molar-refractivity contribution is 0.375. The van der Waals surface area contributed by atoms with Gasteiger partial charge in [0.05, 0.1) is 6.54 Å². The maximum absolute atomic E-state index is 4.90. The number of aliphatic imine (C=N–C) groups is 1. The van der Waals surface area contributed by atoms with Gasteiger partial charge in [0, 0.05) is 25.2 Å². The Morgan fingerprint density at radius 2 is 1.94 bits per heavy atom. The number of guanidine groups is 1. The summed E-state index contributed by atoms with van der Waals surface area (Å²) in [6, 6.07) is 18.9. The molecule has 6 nitrogen and oxygen atoms in total. The van der Waals surface area contributed by atoms with E-state index in [4.69, 9.17) is 4.99 Å². The normalized spacial score (nSPS) is 14.2. The van der Waals surface area contributed by atoms with E-state index < -0.39 is 0 Å². The zero-order chi connectivity index (χ0) is 20.6. The van der Waals surface area contributed by atoms with Gasteiger partial charge in [0.15, 0.2) is 11.8 Å². The van der Waals surface area contributed by atoms with Crippen LogP contribution in [0.25, 0.3) is 17.5 Å². The molecule has 0 radical (unpaired) electrons. The Kier molecular flexibility index (Phi) is 8.63. The van der Waals surface area contributed by atoms with Crippen LogP contribution in [0.5, 0.6) is 0 Å². The first-order valence-corrected chi connectivity index (χ1v) is 10.5. The van der Waals surface area contributed by atoms with Crippen molar-refractivity contribution in [3.63, 3.8) is 0 Å². The third kappa shape index (κ3) is 6.40. The predicted octanol–water partition coefficient (Wildman–Crippen LogP) is 4.73. The second kappa shape index (κ2) is 11.6. The first kappa shape index (κ1) is 23.0. The first-order chi connectivity index (χ1) is 14.8. The van der Waals surface area contributed by atoms with Crippen LogP contribution >= 0.6 is 24.0 Å². The van der Waals surface area contributed by atoms with Crippen molar-refractivity contribution >= 4 is 36.0 Å². The zero-order valence-electron chi connectivity index (χ0n) is 17.8. The molecule has 0 spiro atoms. The molecule has 2 aromatic carbocycles. The Balaban J connectivity index is 0.00000272. The Morgan fingerprint density at radius 1 is 1.13 bits per heavy atom. The number of H-pyrrole nitrogens is 1. The highest BCUT2D eigenvalue weighted by atomic mass is 127. The summed E-state index contributed by atoms with van der Waals surface area (Å²) in [5, 5.41) is 10.3. The molecular weight excluding hydrogens is 499 g/mol. The van der Waals surface area contributed by atoms with E-state index in [-0.39, 0.29) is 24.0 Å². The van der Waals surface area contributed by atoms with E-state index in [0.717, 1.165) is 55.4 Å². The molecule has 1 aliphatic rings. The van der Waals surface area contributed by atoms with Crippen molar-refractivity contribution in [3.8, 4) is 11.4 Å². The summed E-state index contributed by atoms with van der Waals surface area (Å²) >= 11 is 0. The Hall–Kier alpha value is -2.68. The van der Waals surface area contributed by atoms with Gasteiger partial charge >= 0.3 is 0 Å². The van der Waals surface area contributed by atoms with Crippen LogP contribution in [0.2, 0.25) is 0 Å². The van der Waals surface area contributed by atoms with E-state index in [1.54, 1.807) is 0 Å². The maximum Gasteiger partial charge on any atom is 0.194 e. The number of aromatic amines is 1. The molecule has 7 heteroatoms. The molecule has 3 aromatic rings. The number of nitrogens with zero attached hydrogens (tertiary/aromatic N) is 4. The van der Waals surface area contributed by atoms with Crippen LogP contribution in [0.3, 0.4) is 0 Å². The average Bonchev–Trinajstić information content (AvgIpc) is 3.33. The Labute approximate surface area is 200 Å². The van der Waals surface area contributed by atoms with Crippen LogP contribution in [-0.4, -0.2) is 45.7 Å². The van der Waals surface area contributed by atoms with Crippen molar-refractivity contribution in [3.05, 3.63) is 77.6 Å². The summed E-state index contributed by atoms with van der Waals surface area (Å²) < 4.78 is 0. The molecule has 4 rings (SSSR count). The second-order valence-corrected chi connectivity index (χ2v) is 7.40. The van der Waals surface area contributed by atoms with Crippen molar-refractivity contribution in [1.29, 1.82) is 0 Å². The van der Waals surface area contributed by atoms with Gasteiger partial charge in [-0.25, -0.2) is 9.98 Å². The zero-order valence-corrected chi connectivity index (χ0v) is 20.1. The number of piperidine rings is 1. The fraction of sp³-hybridized carbons (Fsp3) is 0.292. The highest BCUT2D eigenvalue weighted by Crippen LogP contribution is 2.20. The molecule has 0 atom stereocenters. The van der Waals surface area contributed by atoms with Crippen LogP contribution < -0.4 is 5.32 Å². The van der Waals surface area contributed by atoms with Crippen LogP contribution in [0.15, 0.2) is 71.5 Å². The number of halogens is 1. The Morgan fingerprint density at radius 3 is 2.65 bits per heavy atom. The van der Waals surface area contributed by atoms with Crippen molar-refractivity contribution in [2.45, 2.75) is 26.3 Å². The lowest BCUT2D eigenvalue weighted by Crippen LogP contribution is -2.44. The van der Waals surface area contributed by atoms with Gasteiger partial charge in [0.2, 0.25) is 0 Å². The molecule has 1 fully saturated rings. The number of hydrogen-bond acceptors (Lipinski definition) is 3. The fourth-order valence-corrected chi connectivity index (χ4v) is 3.69. The van der Waals surface area contributed by atoms with Crippen LogP contribution in [-0.2, 0) is 6.54 Å². The summed E-state index contributed by atoms with van der Waals surface area (Å²) in [6.45, 7) is 5.59. The molecule has 2 N–H and O–H groups in total. The third-order valence-electron chi connectivity index (χ3n) is 5.24. The molecule has 31 heavy (non-hydrogen) atoms. The van der Waals surface area contributed by atoms with E-state index in [9.17, 15) is 0 Å². The molecule has 1 aliphatic heterocycles. The third-order valence-corrected chi connectivity index (χ3v) is 5.24. The van der Waals surface area contributed by atoms with Crippen LogP contribution in [0.1, 0.15) is 30.9 Å². The summed E-state index contributed by atoms with van der Waals surface area (Å²) in [5.74, 6) is 1.77. The lowest BCUT2D eigenvalue weighted by Gasteiger charge is -2.31. The van der Waals surface area contributed by atoms with Gasteiger partial charge in [-0.3, -0.25) is 5.10 Å². The molecule has 1 saturated heterocycles. The number of rotatable bonds is 5. The monoisotopic (exact) mass is 528 g/mol. The SMILES string of the molecule is CCNC(=NCc1cccc(-c2ncn[nH]2)c1)N1CCC(=Cc2ccccc2)CC1.I. The number of likely N-dealkylation sites (tertiary alicyclic amines) is 1. The standard InChI is InChI=1S/C24H28N6.HI/c1-2-25-24(26-17-21-9-6-10-22(16-21)23-27-18-28-29-23)30-13-11-20(12-14-30)15-19-7-4-3-5-8-19;/h3-10,15-16,18H,2,11-14,17H2,1H3,(H,25,26)(H,27,28,29);1H. The van der Waals surface area contributed by atoms with Gasteiger partial charge in [-0.05, 0) is 37.0 Å². The molecule has 0 amide bonds. The minimum Gasteiger partial charge on any atom is -0.357 e. The minimum absolute atomic E-state index is 0. The highest BCUT2D eigenvalue weighted by molar-refractivity contribution is 14.0. The quantitative estimate of drug-likeness (QED) is 0.286. The number of benzene rings is 2. The molecule has 0 unspecified atom stereocenters. The van der Waals surface area contributed by atoms with Gasteiger partial charge in [0.25, 0.3) is 0 Å². The fourth-order valence-electron chi connectivity index (χ4n) is 3.69. The van der Waals surface area contributed by atoms with Gasteiger partial charge in [-0.2, -0.15) is 5.10 Å². The molecule has 162 valence electrons. The van der Waals surface area contributed by atoms with E-state index in [1.807, 2.05) is 12.1 Å². The molecule has 2 heterocycles. The van der Waals surface area contributed by atoms with Crippen molar-refractivity contribution < 1.29 is 0 Å². The predicted molar refractivity (Wildman–Crippen MR) is 137 cm³/mol. The van der Waals surface area contributed by atoms with E-state index in [0.29, 0.717) is 6.54 Å². The lowest BCUT2D eigenvalue weighted by atomic mass is 10.0. The molecule has 0 bridgehead atoms. The topological polar surface area (TPSA) is 69.2 Å². The van der Waals surface area contributed by atoms with Gasteiger partial charge in [-0.15, -0.1) is 24.0 Å². The summed E-state index contributed by atoms with van der Waals surface area (Å²) in [6.07, 6.45) is 6.00. The maximum atomic E-state index is 4.90. The summed E-state index contributed by atoms with van der Waals surface area (Å²) in [4.78, 5) is 11.5. The van der Waals surface area contributed by atoms with E-state index >= 15 is 0 Å². The molecule has 0 saturated carbocycles. The van der Waals surface area contributed by atoms with Crippen LogP contribution in [0.4, 0.5) is 0 Å². The minimum atomic E-state index is 0. The van der Waals surface area contributed by atoms with Gasteiger partial charge < -0.3 is 10.2 Å². The number of hydrogen-bond donors (Lipinski definition) is 2. The Bertz CT molecular complexity index is 988. The van der Waals surface area contributed by atoms with E-state index in [1.165, 1.54) is 17.5 Å². The van der Waals surface area contributed by atoms with Gasteiger partial charge in [-0.1, -0.05) is 60.2 Å². The average molecular weight is 528 g/mol. The van der Waals surface area contributed by atoms with E-state index in [2.05, 4.69) is 80.9 Å². The van der Waals surface area contributed by atoms with Crippen molar-refractivity contribution in [2.75, 3.05) is 19.6 Å². The smallest absolute Gasteiger partial charge is 0.194 e. The second-order valence-electron chi connectivity index (χ2n) is 7.40. The van der Waals surface area contributed by atoms with Gasteiger partial charge in [0.1, 0.15) is 6.33 Å². The van der Waals surface area contributed by atoms with Crippen molar-refractivity contribution in [1.82, 2.24) is 25.4 Å². The van der Waals surface area contributed by atoms with Crippen LogP contribution in [0, 0.1) is 0 Å².